The lowest BCUT2D eigenvalue weighted by Gasteiger charge is -2.10. The normalized spacial score (nSPS) is 10.3. The number of ether oxygens (including phenoxy) is 1. The molecule has 0 spiro atoms. The van der Waals surface area contributed by atoms with E-state index in [0.717, 1.165) is 11.4 Å². The van der Waals surface area contributed by atoms with E-state index in [1.165, 1.54) is 5.56 Å². The van der Waals surface area contributed by atoms with Crippen LogP contribution in [0.1, 0.15) is 5.56 Å². The summed E-state index contributed by atoms with van der Waals surface area (Å²) in [6.07, 6.45) is 5.40. The molecule has 0 bridgehead atoms. The maximum absolute atomic E-state index is 5.22. The quantitative estimate of drug-likeness (QED) is 0.780. The van der Waals surface area contributed by atoms with E-state index in [9.17, 15) is 0 Å². The number of hydrogen-bond donors (Lipinski definition) is 1. The molecule has 5 heteroatoms. The summed E-state index contributed by atoms with van der Waals surface area (Å²) in [5.41, 5.74) is 3.11. The van der Waals surface area contributed by atoms with Crippen LogP contribution in [0.5, 0.6) is 5.88 Å². The molecule has 0 amide bonds. The first kappa shape index (κ1) is 13.2. The van der Waals surface area contributed by atoms with Crippen LogP contribution in [-0.2, 0) is 6.54 Å². The van der Waals surface area contributed by atoms with Crippen molar-refractivity contribution in [2.45, 2.75) is 6.54 Å². The summed E-state index contributed by atoms with van der Waals surface area (Å²) in [5.74, 6) is 0.602. The average Bonchev–Trinajstić information content (AvgIpc) is 3.08. The van der Waals surface area contributed by atoms with Crippen molar-refractivity contribution in [2.75, 3.05) is 12.4 Å². The molecule has 0 saturated heterocycles. The lowest BCUT2D eigenvalue weighted by molar-refractivity contribution is 0.399. The minimum atomic E-state index is 0.602. The van der Waals surface area contributed by atoms with Gasteiger partial charge in [0.25, 0.3) is 0 Å². The van der Waals surface area contributed by atoms with E-state index in [-0.39, 0.29) is 0 Å². The van der Waals surface area contributed by atoms with Crippen LogP contribution in [0, 0.1) is 0 Å². The van der Waals surface area contributed by atoms with Crippen LogP contribution in [0.2, 0.25) is 0 Å². The lowest BCUT2D eigenvalue weighted by Crippen LogP contribution is -2.02. The molecule has 5 nitrogen and oxygen atoms in total. The molecule has 3 rings (SSSR count). The molecule has 0 unspecified atom stereocenters. The van der Waals surface area contributed by atoms with Gasteiger partial charge in [-0.15, -0.1) is 0 Å². The Hall–Kier alpha value is -2.82. The monoisotopic (exact) mass is 280 g/mol. The van der Waals surface area contributed by atoms with Crippen LogP contribution in [0.3, 0.4) is 0 Å². The van der Waals surface area contributed by atoms with Gasteiger partial charge in [0, 0.05) is 25.1 Å². The molecular formula is C16H16N4O. The van der Waals surface area contributed by atoms with Gasteiger partial charge in [-0.1, -0.05) is 12.1 Å². The SMILES string of the molecule is COc1ncccc1NCc1ccc(-n2cccn2)cc1. The van der Waals surface area contributed by atoms with Crippen molar-refractivity contribution in [2.24, 2.45) is 0 Å². The molecule has 0 fully saturated rings. The number of anilines is 1. The largest absolute Gasteiger partial charge is 0.480 e. The fourth-order valence-corrected chi connectivity index (χ4v) is 2.07. The zero-order valence-corrected chi connectivity index (χ0v) is 11.7. The highest BCUT2D eigenvalue weighted by atomic mass is 16.5. The van der Waals surface area contributed by atoms with Crippen LogP contribution < -0.4 is 10.1 Å². The number of benzene rings is 1. The zero-order chi connectivity index (χ0) is 14.5. The second-order valence-electron chi connectivity index (χ2n) is 4.53. The van der Waals surface area contributed by atoms with E-state index < -0.39 is 0 Å². The third kappa shape index (κ3) is 3.02. The van der Waals surface area contributed by atoms with E-state index in [4.69, 9.17) is 4.74 Å². The number of nitrogens with zero attached hydrogens (tertiary/aromatic N) is 3. The minimum Gasteiger partial charge on any atom is -0.480 e. The first-order valence-corrected chi connectivity index (χ1v) is 6.68. The van der Waals surface area contributed by atoms with Gasteiger partial charge in [0.05, 0.1) is 18.5 Å². The Kier molecular flexibility index (Phi) is 3.82. The third-order valence-electron chi connectivity index (χ3n) is 3.15. The topological polar surface area (TPSA) is 52.0 Å². The number of hydrogen-bond acceptors (Lipinski definition) is 4. The van der Waals surface area contributed by atoms with Crippen LogP contribution in [-0.4, -0.2) is 21.9 Å². The average molecular weight is 280 g/mol. The summed E-state index contributed by atoms with van der Waals surface area (Å²) in [4.78, 5) is 4.16. The molecule has 2 heterocycles. The fraction of sp³-hybridized carbons (Fsp3) is 0.125. The van der Waals surface area contributed by atoms with Crippen molar-refractivity contribution in [1.82, 2.24) is 14.8 Å². The van der Waals surface area contributed by atoms with Gasteiger partial charge >= 0.3 is 0 Å². The van der Waals surface area contributed by atoms with E-state index in [1.54, 1.807) is 19.5 Å². The second-order valence-corrected chi connectivity index (χ2v) is 4.53. The van der Waals surface area contributed by atoms with Crippen molar-refractivity contribution in [3.8, 4) is 11.6 Å². The minimum absolute atomic E-state index is 0.602. The summed E-state index contributed by atoms with van der Waals surface area (Å²) in [5, 5.41) is 7.53. The Labute approximate surface area is 123 Å². The predicted octanol–water partition coefficient (Wildman–Crippen LogP) is 2.89. The number of aromatic nitrogens is 3. The summed E-state index contributed by atoms with van der Waals surface area (Å²) < 4.78 is 7.05. The Morgan fingerprint density at radius 3 is 2.67 bits per heavy atom. The predicted molar refractivity (Wildman–Crippen MR) is 81.7 cm³/mol. The van der Waals surface area contributed by atoms with E-state index in [1.807, 2.05) is 41.2 Å². The maximum atomic E-state index is 5.22. The third-order valence-corrected chi connectivity index (χ3v) is 3.15. The van der Waals surface area contributed by atoms with Gasteiger partial charge in [-0.05, 0) is 35.9 Å². The fourth-order valence-electron chi connectivity index (χ4n) is 2.07. The van der Waals surface area contributed by atoms with Crippen molar-refractivity contribution in [3.05, 3.63) is 66.6 Å². The summed E-state index contributed by atoms with van der Waals surface area (Å²) in [7, 11) is 1.62. The molecule has 21 heavy (non-hydrogen) atoms. The second kappa shape index (κ2) is 6.09. The molecule has 0 atom stereocenters. The van der Waals surface area contributed by atoms with Crippen molar-refractivity contribution in [1.29, 1.82) is 0 Å². The van der Waals surface area contributed by atoms with Gasteiger partial charge < -0.3 is 10.1 Å². The Balaban J connectivity index is 1.68. The molecule has 1 aromatic carbocycles. The summed E-state index contributed by atoms with van der Waals surface area (Å²) in [6, 6.07) is 14.0. The first-order valence-electron chi connectivity index (χ1n) is 6.68. The van der Waals surface area contributed by atoms with Crippen LogP contribution >= 0.6 is 0 Å². The molecule has 0 aliphatic rings. The number of nitrogens with one attached hydrogen (secondary N) is 1. The number of methoxy groups -OCH3 is 1. The van der Waals surface area contributed by atoms with E-state index in [2.05, 4.69) is 27.5 Å². The highest BCUT2D eigenvalue weighted by Gasteiger charge is 2.03. The standard InChI is InChI=1S/C16H16N4O/c1-21-16-15(4-2-9-17-16)18-12-13-5-7-14(8-6-13)20-11-3-10-19-20/h2-11,18H,12H2,1H3. The molecule has 0 saturated carbocycles. The van der Waals surface area contributed by atoms with Crippen LogP contribution in [0.4, 0.5) is 5.69 Å². The molecule has 0 aliphatic heterocycles. The molecule has 2 aromatic heterocycles. The van der Waals surface area contributed by atoms with Crippen molar-refractivity contribution in [3.63, 3.8) is 0 Å². The molecule has 0 radical (unpaired) electrons. The highest BCUT2D eigenvalue weighted by Crippen LogP contribution is 2.20. The van der Waals surface area contributed by atoms with Gasteiger partial charge in [-0.3, -0.25) is 0 Å². The molecular weight excluding hydrogens is 264 g/mol. The van der Waals surface area contributed by atoms with E-state index >= 15 is 0 Å². The van der Waals surface area contributed by atoms with Gasteiger partial charge in [-0.2, -0.15) is 5.10 Å². The van der Waals surface area contributed by atoms with Crippen LogP contribution in [0.25, 0.3) is 5.69 Å². The molecule has 1 N–H and O–H groups in total. The molecule has 0 aliphatic carbocycles. The summed E-state index contributed by atoms with van der Waals surface area (Å²) >= 11 is 0. The van der Waals surface area contributed by atoms with Crippen molar-refractivity contribution < 1.29 is 4.74 Å². The molecule has 106 valence electrons. The van der Waals surface area contributed by atoms with Crippen molar-refractivity contribution >= 4 is 5.69 Å². The summed E-state index contributed by atoms with van der Waals surface area (Å²) in [6.45, 7) is 0.710. The van der Waals surface area contributed by atoms with Gasteiger partial charge in [-0.25, -0.2) is 9.67 Å². The van der Waals surface area contributed by atoms with Crippen LogP contribution in [0.15, 0.2) is 61.1 Å². The number of pyridine rings is 1. The number of rotatable bonds is 5. The molecule has 3 aromatic rings. The Bertz CT molecular complexity index is 693. The Morgan fingerprint density at radius 1 is 1.10 bits per heavy atom. The zero-order valence-electron chi connectivity index (χ0n) is 11.7. The lowest BCUT2D eigenvalue weighted by atomic mass is 10.2. The van der Waals surface area contributed by atoms with Gasteiger partial charge in [0.2, 0.25) is 5.88 Å². The highest BCUT2D eigenvalue weighted by molar-refractivity contribution is 5.52. The maximum Gasteiger partial charge on any atom is 0.237 e. The van der Waals surface area contributed by atoms with Gasteiger partial charge in [0.15, 0.2) is 0 Å². The Morgan fingerprint density at radius 2 is 1.95 bits per heavy atom. The van der Waals surface area contributed by atoms with E-state index in [0.29, 0.717) is 12.4 Å². The van der Waals surface area contributed by atoms with Gasteiger partial charge in [0.1, 0.15) is 0 Å². The smallest absolute Gasteiger partial charge is 0.237 e. The first-order chi connectivity index (χ1) is 10.4.